The highest BCUT2D eigenvalue weighted by Gasteiger charge is 2.24. The zero-order chi connectivity index (χ0) is 8.97. The van der Waals surface area contributed by atoms with Gasteiger partial charge in [-0.15, -0.1) is 0 Å². The number of hydrogen-bond donors (Lipinski definition) is 1. The Hall–Kier alpha value is -0.620. The van der Waals surface area contributed by atoms with Crippen molar-refractivity contribution in [3.63, 3.8) is 0 Å². The van der Waals surface area contributed by atoms with Crippen molar-refractivity contribution in [2.45, 2.75) is 38.3 Å². The summed E-state index contributed by atoms with van der Waals surface area (Å²) in [6.45, 7) is 1.51. The first-order chi connectivity index (χ1) is 5.76. The minimum atomic E-state index is -0.326. The standard InChI is InChI=1S/C9H15FN2/c1-7(5-10)12-9-3-2-8(4-9)6-11/h7-9,12H,2-5H2,1H3. The third kappa shape index (κ3) is 2.46. The normalized spacial score (nSPS) is 31.4. The Balaban J connectivity index is 2.24. The second-order valence-corrected chi connectivity index (χ2v) is 3.56. The molecule has 1 N–H and O–H groups in total. The maximum absolute atomic E-state index is 12.1. The van der Waals surface area contributed by atoms with E-state index in [9.17, 15) is 4.39 Å². The molecule has 1 saturated carbocycles. The van der Waals surface area contributed by atoms with Crippen LogP contribution in [-0.4, -0.2) is 18.8 Å². The number of nitrogens with zero attached hydrogens (tertiary/aromatic N) is 1. The molecule has 3 unspecified atom stereocenters. The molecular formula is C9H15FN2. The van der Waals surface area contributed by atoms with E-state index in [4.69, 9.17) is 5.26 Å². The van der Waals surface area contributed by atoms with E-state index in [1.54, 1.807) is 0 Å². The molecule has 0 amide bonds. The van der Waals surface area contributed by atoms with Gasteiger partial charge in [0.2, 0.25) is 0 Å². The smallest absolute Gasteiger partial charge is 0.104 e. The summed E-state index contributed by atoms with van der Waals surface area (Å²) in [5, 5.41) is 11.8. The van der Waals surface area contributed by atoms with Gasteiger partial charge < -0.3 is 5.32 Å². The fourth-order valence-electron chi connectivity index (χ4n) is 1.70. The molecule has 0 heterocycles. The zero-order valence-corrected chi connectivity index (χ0v) is 7.39. The van der Waals surface area contributed by atoms with Crippen LogP contribution in [0.1, 0.15) is 26.2 Å². The van der Waals surface area contributed by atoms with Gasteiger partial charge in [0.15, 0.2) is 0 Å². The highest BCUT2D eigenvalue weighted by atomic mass is 19.1. The van der Waals surface area contributed by atoms with Gasteiger partial charge in [0.25, 0.3) is 0 Å². The van der Waals surface area contributed by atoms with Crippen molar-refractivity contribution in [2.75, 3.05) is 6.67 Å². The molecule has 0 aromatic rings. The summed E-state index contributed by atoms with van der Waals surface area (Å²) in [6, 6.07) is 2.55. The van der Waals surface area contributed by atoms with Gasteiger partial charge >= 0.3 is 0 Å². The first-order valence-corrected chi connectivity index (χ1v) is 4.48. The lowest BCUT2D eigenvalue weighted by molar-refractivity contribution is 0.356. The Bertz CT molecular complexity index is 176. The Kier molecular flexibility index (Phi) is 3.48. The summed E-state index contributed by atoms with van der Waals surface area (Å²) in [5.41, 5.74) is 0. The maximum Gasteiger partial charge on any atom is 0.104 e. The molecule has 0 bridgehead atoms. The highest BCUT2D eigenvalue weighted by Crippen LogP contribution is 2.24. The number of alkyl halides is 1. The van der Waals surface area contributed by atoms with Gasteiger partial charge in [-0.05, 0) is 26.2 Å². The Labute approximate surface area is 72.8 Å². The molecule has 0 aromatic heterocycles. The van der Waals surface area contributed by atoms with Crippen molar-refractivity contribution in [1.29, 1.82) is 5.26 Å². The molecule has 3 heteroatoms. The minimum absolute atomic E-state index is 0.0626. The van der Waals surface area contributed by atoms with Gasteiger partial charge in [-0.2, -0.15) is 5.26 Å². The topological polar surface area (TPSA) is 35.8 Å². The van der Waals surface area contributed by atoms with Crippen molar-refractivity contribution in [3.05, 3.63) is 0 Å². The van der Waals surface area contributed by atoms with Crippen LogP contribution in [0.2, 0.25) is 0 Å². The summed E-state index contributed by atoms with van der Waals surface area (Å²) in [7, 11) is 0. The molecule has 0 saturated heterocycles. The molecule has 1 aliphatic rings. The Morgan fingerprint density at radius 3 is 2.92 bits per heavy atom. The van der Waals surface area contributed by atoms with Gasteiger partial charge in [0.1, 0.15) is 6.67 Å². The van der Waals surface area contributed by atoms with E-state index < -0.39 is 0 Å². The number of halogens is 1. The molecule has 1 fully saturated rings. The van der Waals surface area contributed by atoms with E-state index in [0.29, 0.717) is 6.04 Å². The molecule has 2 nitrogen and oxygen atoms in total. The molecule has 1 aliphatic carbocycles. The predicted molar refractivity (Wildman–Crippen MR) is 45.3 cm³/mol. The largest absolute Gasteiger partial charge is 0.309 e. The van der Waals surface area contributed by atoms with E-state index in [-0.39, 0.29) is 18.6 Å². The first-order valence-electron chi connectivity index (χ1n) is 4.48. The maximum atomic E-state index is 12.1. The molecule has 0 spiro atoms. The lowest BCUT2D eigenvalue weighted by Crippen LogP contribution is -2.36. The van der Waals surface area contributed by atoms with Crippen molar-refractivity contribution >= 4 is 0 Å². The lowest BCUT2D eigenvalue weighted by atomic mass is 10.1. The average molecular weight is 170 g/mol. The van der Waals surface area contributed by atoms with Crippen LogP contribution in [0, 0.1) is 17.2 Å². The molecule has 12 heavy (non-hydrogen) atoms. The van der Waals surface area contributed by atoms with Crippen molar-refractivity contribution in [2.24, 2.45) is 5.92 Å². The van der Waals surface area contributed by atoms with Crippen LogP contribution >= 0.6 is 0 Å². The molecule has 0 radical (unpaired) electrons. The predicted octanol–water partition coefficient (Wildman–Crippen LogP) is 1.63. The zero-order valence-electron chi connectivity index (χ0n) is 7.39. The fraction of sp³-hybridized carbons (Fsp3) is 0.889. The Morgan fingerprint density at radius 2 is 2.42 bits per heavy atom. The third-order valence-corrected chi connectivity index (χ3v) is 2.37. The number of rotatable bonds is 3. The average Bonchev–Trinajstić information content (AvgIpc) is 2.52. The minimum Gasteiger partial charge on any atom is -0.309 e. The van der Waals surface area contributed by atoms with E-state index in [2.05, 4.69) is 11.4 Å². The van der Waals surface area contributed by atoms with Crippen molar-refractivity contribution in [3.8, 4) is 6.07 Å². The first kappa shape index (κ1) is 9.47. The number of nitriles is 1. The molecular weight excluding hydrogens is 155 g/mol. The summed E-state index contributed by atoms with van der Waals surface area (Å²) < 4.78 is 12.1. The van der Waals surface area contributed by atoms with E-state index in [0.717, 1.165) is 19.3 Å². The SMILES string of the molecule is CC(CF)NC1CCC(C#N)C1. The molecule has 0 aromatic carbocycles. The van der Waals surface area contributed by atoms with Gasteiger partial charge in [-0.3, -0.25) is 0 Å². The summed E-state index contributed by atoms with van der Waals surface area (Å²) in [6.07, 6.45) is 2.87. The van der Waals surface area contributed by atoms with E-state index >= 15 is 0 Å². The van der Waals surface area contributed by atoms with Crippen LogP contribution < -0.4 is 5.32 Å². The monoisotopic (exact) mass is 170 g/mol. The summed E-state index contributed by atoms with van der Waals surface area (Å²) in [4.78, 5) is 0. The van der Waals surface area contributed by atoms with Crippen molar-refractivity contribution in [1.82, 2.24) is 5.32 Å². The number of nitrogens with one attached hydrogen (secondary N) is 1. The second kappa shape index (κ2) is 4.42. The van der Waals surface area contributed by atoms with E-state index in [1.807, 2.05) is 6.92 Å². The van der Waals surface area contributed by atoms with E-state index in [1.165, 1.54) is 0 Å². The fourth-order valence-corrected chi connectivity index (χ4v) is 1.70. The second-order valence-electron chi connectivity index (χ2n) is 3.56. The van der Waals surface area contributed by atoms with Gasteiger partial charge in [0, 0.05) is 18.0 Å². The van der Waals surface area contributed by atoms with Gasteiger partial charge in [-0.25, -0.2) is 4.39 Å². The molecule has 1 rings (SSSR count). The Morgan fingerprint density at radius 1 is 1.67 bits per heavy atom. The highest BCUT2D eigenvalue weighted by molar-refractivity contribution is 4.93. The summed E-state index contributed by atoms with van der Waals surface area (Å²) >= 11 is 0. The summed E-state index contributed by atoms with van der Waals surface area (Å²) in [5.74, 6) is 0.189. The van der Waals surface area contributed by atoms with Crippen LogP contribution in [0.5, 0.6) is 0 Å². The number of hydrogen-bond acceptors (Lipinski definition) is 2. The molecule has 68 valence electrons. The van der Waals surface area contributed by atoms with Gasteiger partial charge in [0.05, 0.1) is 6.07 Å². The van der Waals surface area contributed by atoms with Crippen LogP contribution in [0.3, 0.4) is 0 Å². The third-order valence-electron chi connectivity index (χ3n) is 2.37. The quantitative estimate of drug-likeness (QED) is 0.698. The lowest BCUT2D eigenvalue weighted by Gasteiger charge is -2.15. The van der Waals surface area contributed by atoms with Crippen LogP contribution in [0.4, 0.5) is 4.39 Å². The van der Waals surface area contributed by atoms with Crippen LogP contribution in [-0.2, 0) is 0 Å². The molecule has 3 atom stereocenters. The van der Waals surface area contributed by atoms with Crippen molar-refractivity contribution < 1.29 is 4.39 Å². The van der Waals surface area contributed by atoms with Crippen LogP contribution in [0.25, 0.3) is 0 Å². The van der Waals surface area contributed by atoms with Gasteiger partial charge in [-0.1, -0.05) is 0 Å². The molecule has 0 aliphatic heterocycles. The van der Waals surface area contributed by atoms with Crippen LogP contribution in [0.15, 0.2) is 0 Å².